The summed E-state index contributed by atoms with van der Waals surface area (Å²) in [4.78, 5) is 11.9. The van der Waals surface area contributed by atoms with Crippen LogP contribution in [-0.2, 0) is 23.3 Å². The first-order valence-electron chi connectivity index (χ1n) is 5.33. The van der Waals surface area contributed by atoms with E-state index < -0.39 is 0 Å². The Kier molecular flexibility index (Phi) is 2.74. The van der Waals surface area contributed by atoms with Gasteiger partial charge in [0.15, 0.2) is 0 Å². The number of aromatic nitrogens is 2. The van der Waals surface area contributed by atoms with Crippen molar-refractivity contribution in [3.05, 3.63) is 11.3 Å². The molecule has 1 aliphatic rings. The van der Waals surface area contributed by atoms with Crippen molar-refractivity contribution in [2.45, 2.75) is 32.3 Å². The van der Waals surface area contributed by atoms with Gasteiger partial charge in [-0.3, -0.25) is 9.48 Å². The Morgan fingerprint density at radius 1 is 1.44 bits per heavy atom. The number of fused-ring (bicyclic) bond motifs is 1. The highest BCUT2D eigenvalue weighted by atomic mass is 32.2. The molecule has 0 fully saturated rings. The van der Waals surface area contributed by atoms with Gasteiger partial charge >= 0.3 is 0 Å². The lowest BCUT2D eigenvalue weighted by atomic mass is 9.96. The van der Waals surface area contributed by atoms with E-state index in [-0.39, 0.29) is 11.3 Å². The maximum absolute atomic E-state index is 11.9. The van der Waals surface area contributed by atoms with Crippen LogP contribution < -0.4 is 5.32 Å². The molecule has 0 saturated carbocycles. The number of thioether (sulfide) groups is 1. The van der Waals surface area contributed by atoms with E-state index in [2.05, 4.69) is 10.4 Å². The smallest absolute Gasteiger partial charge is 0.230 e. The lowest BCUT2D eigenvalue weighted by molar-refractivity contribution is -0.123. The molecule has 0 unspecified atom stereocenters. The largest absolute Gasteiger partial charge is 0.310 e. The number of rotatable bonds is 1. The number of hydrogen-bond acceptors (Lipinski definition) is 3. The topological polar surface area (TPSA) is 46.9 Å². The van der Waals surface area contributed by atoms with Gasteiger partial charge in [-0.15, -0.1) is 0 Å². The summed E-state index contributed by atoms with van der Waals surface area (Å²) >= 11 is 1.84. The molecule has 0 bridgehead atoms. The molecule has 4 nitrogen and oxygen atoms in total. The summed E-state index contributed by atoms with van der Waals surface area (Å²) in [6.45, 7) is 5.73. The fourth-order valence-corrected chi connectivity index (χ4v) is 2.63. The number of aryl methyl sites for hydroxylation is 1. The average molecular weight is 239 g/mol. The minimum atomic E-state index is -0.372. The first-order chi connectivity index (χ1) is 7.39. The molecule has 0 radical (unpaired) electrons. The van der Waals surface area contributed by atoms with E-state index in [9.17, 15) is 4.79 Å². The van der Waals surface area contributed by atoms with E-state index in [1.807, 2.05) is 39.6 Å². The molecule has 0 atom stereocenters. The van der Waals surface area contributed by atoms with Crippen molar-refractivity contribution in [1.82, 2.24) is 9.78 Å². The molecule has 1 aromatic rings. The van der Waals surface area contributed by atoms with Crippen LogP contribution >= 0.6 is 11.8 Å². The fourth-order valence-electron chi connectivity index (χ4n) is 1.59. The highest BCUT2D eigenvalue weighted by molar-refractivity contribution is 7.98. The zero-order valence-electron chi connectivity index (χ0n) is 10.1. The van der Waals surface area contributed by atoms with Gasteiger partial charge in [-0.25, -0.2) is 0 Å². The Morgan fingerprint density at radius 3 is 2.75 bits per heavy atom. The molecule has 0 saturated heterocycles. The van der Waals surface area contributed by atoms with Gasteiger partial charge in [0, 0.05) is 29.5 Å². The SMILES string of the molecule is Cn1nc2c(c1NC(=O)C(C)(C)C)CSC2. The summed E-state index contributed by atoms with van der Waals surface area (Å²) in [6, 6.07) is 0. The average Bonchev–Trinajstić information content (AvgIpc) is 2.68. The summed E-state index contributed by atoms with van der Waals surface area (Å²) in [7, 11) is 1.88. The summed E-state index contributed by atoms with van der Waals surface area (Å²) in [5.41, 5.74) is 1.92. The third-order valence-corrected chi connectivity index (χ3v) is 3.60. The van der Waals surface area contributed by atoms with Crippen LogP contribution in [0, 0.1) is 5.41 Å². The van der Waals surface area contributed by atoms with Gasteiger partial charge in [-0.2, -0.15) is 16.9 Å². The third-order valence-electron chi connectivity index (χ3n) is 2.63. The lowest BCUT2D eigenvalue weighted by Crippen LogP contribution is -2.28. The van der Waals surface area contributed by atoms with E-state index in [0.717, 1.165) is 23.0 Å². The molecule has 1 aromatic heterocycles. The van der Waals surface area contributed by atoms with Crippen molar-refractivity contribution in [1.29, 1.82) is 0 Å². The van der Waals surface area contributed by atoms with Gasteiger partial charge in [0.1, 0.15) is 5.82 Å². The first kappa shape index (κ1) is 11.5. The first-order valence-corrected chi connectivity index (χ1v) is 6.49. The predicted molar refractivity (Wildman–Crippen MR) is 66.3 cm³/mol. The van der Waals surface area contributed by atoms with Crippen molar-refractivity contribution in [2.75, 3.05) is 5.32 Å². The summed E-state index contributed by atoms with van der Waals surface area (Å²) in [5, 5.41) is 7.39. The molecule has 2 heterocycles. The van der Waals surface area contributed by atoms with Crippen LogP contribution in [0.5, 0.6) is 0 Å². The predicted octanol–water partition coefficient (Wildman–Crippen LogP) is 2.15. The molecular formula is C11H17N3OS. The summed E-state index contributed by atoms with van der Waals surface area (Å²) < 4.78 is 1.77. The van der Waals surface area contributed by atoms with Crippen molar-refractivity contribution >= 4 is 23.5 Å². The molecule has 2 rings (SSSR count). The Bertz CT molecular complexity index is 431. The zero-order chi connectivity index (χ0) is 11.9. The third kappa shape index (κ3) is 1.96. The standard InChI is InChI=1S/C11H17N3OS/c1-11(2,3)10(15)12-9-7-5-16-6-8(7)13-14(9)4/h5-6H2,1-4H3,(H,12,15). The van der Waals surface area contributed by atoms with Gasteiger partial charge in [0.2, 0.25) is 5.91 Å². The molecule has 0 spiro atoms. The zero-order valence-corrected chi connectivity index (χ0v) is 10.9. The number of carbonyl (C=O) groups excluding carboxylic acids is 1. The molecule has 88 valence electrons. The molecule has 0 aromatic carbocycles. The second-order valence-corrected chi connectivity index (χ2v) is 6.08. The van der Waals surface area contributed by atoms with Crippen molar-refractivity contribution < 1.29 is 4.79 Å². The van der Waals surface area contributed by atoms with Crippen molar-refractivity contribution in [3.63, 3.8) is 0 Å². The van der Waals surface area contributed by atoms with E-state index in [1.165, 1.54) is 5.56 Å². The maximum atomic E-state index is 11.9. The van der Waals surface area contributed by atoms with E-state index >= 15 is 0 Å². The van der Waals surface area contributed by atoms with Gasteiger partial charge < -0.3 is 5.32 Å². The fraction of sp³-hybridized carbons (Fsp3) is 0.636. The highest BCUT2D eigenvalue weighted by Gasteiger charge is 2.26. The summed E-state index contributed by atoms with van der Waals surface area (Å²) in [6.07, 6.45) is 0. The number of carbonyl (C=O) groups is 1. The van der Waals surface area contributed by atoms with Crippen molar-refractivity contribution in [3.8, 4) is 0 Å². The van der Waals surface area contributed by atoms with E-state index in [1.54, 1.807) is 4.68 Å². The van der Waals surface area contributed by atoms with Crippen LogP contribution in [0.25, 0.3) is 0 Å². The van der Waals surface area contributed by atoms with Gasteiger partial charge in [-0.05, 0) is 0 Å². The van der Waals surface area contributed by atoms with Gasteiger partial charge in [0.05, 0.1) is 5.69 Å². The number of nitrogens with zero attached hydrogens (tertiary/aromatic N) is 2. The normalized spacial score (nSPS) is 15.0. The van der Waals surface area contributed by atoms with Gasteiger partial charge in [-0.1, -0.05) is 20.8 Å². The van der Waals surface area contributed by atoms with Crippen LogP contribution in [0.2, 0.25) is 0 Å². The van der Waals surface area contributed by atoms with Crippen molar-refractivity contribution in [2.24, 2.45) is 12.5 Å². The Morgan fingerprint density at radius 2 is 2.12 bits per heavy atom. The molecule has 0 aliphatic carbocycles. The van der Waals surface area contributed by atoms with Crippen LogP contribution in [0.3, 0.4) is 0 Å². The Balaban J connectivity index is 2.25. The maximum Gasteiger partial charge on any atom is 0.230 e. The van der Waals surface area contributed by atoms with E-state index in [0.29, 0.717) is 0 Å². The second-order valence-electron chi connectivity index (χ2n) is 5.09. The summed E-state index contributed by atoms with van der Waals surface area (Å²) in [5.74, 6) is 2.80. The monoisotopic (exact) mass is 239 g/mol. The van der Waals surface area contributed by atoms with Crippen LogP contribution in [0.4, 0.5) is 5.82 Å². The van der Waals surface area contributed by atoms with Crippen LogP contribution in [0.1, 0.15) is 32.0 Å². The minimum Gasteiger partial charge on any atom is -0.310 e. The van der Waals surface area contributed by atoms with Crippen LogP contribution in [0.15, 0.2) is 0 Å². The minimum absolute atomic E-state index is 0.0372. The second kappa shape index (κ2) is 3.80. The number of anilines is 1. The quantitative estimate of drug-likeness (QED) is 0.817. The molecule has 5 heteroatoms. The highest BCUT2D eigenvalue weighted by Crippen LogP contribution is 2.34. The Labute approximate surface area is 99.8 Å². The number of amides is 1. The number of nitrogens with one attached hydrogen (secondary N) is 1. The van der Waals surface area contributed by atoms with Gasteiger partial charge in [0.25, 0.3) is 0 Å². The van der Waals surface area contributed by atoms with Crippen LogP contribution in [-0.4, -0.2) is 15.7 Å². The molecule has 1 amide bonds. The number of hydrogen-bond donors (Lipinski definition) is 1. The Hall–Kier alpha value is -0.970. The molecule has 16 heavy (non-hydrogen) atoms. The molecule has 1 N–H and O–H groups in total. The lowest BCUT2D eigenvalue weighted by Gasteiger charge is -2.18. The molecular weight excluding hydrogens is 222 g/mol. The van der Waals surface area contributed by atoms with E-state index in [4.69, 9.17) is 0 Å². The molecule has 1 aliphatic heterocycles.